The number of nitrogens with one attached hydrogen (secondary N) is 1. The Balaban J connectivity index is 1.69. The van der Waals surface area contributed by atoms with E-state index in [9.17, 15) is 9.59 Å². The largest absolute Gasteiger partial charge is 0.496 e. The number of nitrogens with zero attached hydrogens (tertiary/aromatic N) is 2. The molecule has 1 heterocycles. The van der Waals surface area contributed by atoms with Gasteiger partial charge in [-0.15, -0.1) is 11.7 Å². The summed E-state index contributed by atoms with van der Waals surface area (Å²) in [6.07, 6.45) is 3.81. The molecule has 0 spiro atoms. The van der Waals surface area contributed by atoms with Crippen molar-refractivity contribution in [1.82, 2.24) is 5.32 Å². The van der Waals surface area contributed by atoms with Gasteiger partial charge in [-0.3, -0.25) is 9.59 Å². The van der Waals surface area contributed by atoms with Gasteiger partial charge in [-0.05, 0) is 41.8 Å². The third kappa shape index (κ3) is 6.21. The van der Waals surface area contributed by atoms with Crippen molar-refractivity contribution in [2.45, 2.75) is 24.7 Å². The molecule has 0 aliphatic carbocycles. The van der Waals surface area contributed by atoms with E-state index >= 15 is 0 Å². The summed E-state index contributed by atoms with van der Waals surface area (Å²) in [5.74, 6) is 0.0455. The number of hydrogen-bond acceptors (Lipinski definition) is 7. The van der Waals surface area contributed by atoms with E-state index < -0.39 is 11.2 Å². The lowest BCUT2D eigenvalue weighted by Crippen LogP contribution is -2.26. The second-order valence-corrected chi connectivity index (χ2v) is 8.00. The Labute approximate surface area is 190 Å². The normalized spacial score (nSPS) is 16.8. The summed E-state index contributed by atoms with van der Waals surface area (Å²) in [4.78, 5) is 22.6. The van der Waals surface area contributed by atoms with Crippen molar-refractivity contribution in [3.8, 4) is 11.5 Å². The molecule has 1 atom stereocenters. The zero-order valence-corrected chi connectivity index (χ0v) is 18.3. The van der Waals surface area contributed by atoms with Crippen LogP contribution in [0.3, 0.4) is 0 Å². The van der Waals surface area contributed by atoms with Crippen LogP contribution >= 0.6 is 11.8 Å². The average Bonchev–Trinajstić information content (AvgIpc) is 3.11. The lowest BCUT2D eigenvalue weighted by atomic mass is 10.1. The molecular formula is C23H23N3O5S. The molecule has 2 N–H and O–H groups in total. The topological polar surface area (TPSA) is 110 Å². The number of hydrogen-bond donors (Lipinski definition) is 2. The summed E-state index contributed by atoms with van der Waals surface area (Å²) in [5, 5.41) is 18.9. The van der Waals surface area contributed by atoms with Crippen LogP contribution in [0.15, 0.2) is 65.3 Å². The molecule has 32 heavy (non-hydrogen) atoms. The molecule has 1 aliphatic heterocycles. The lowest BCUT2D eigenvalue weighted by molar-refractivity contribution is -0.138. The van der Waals surface area contributed by atoms with Crippen LogP contribution in [0.25, 0.3) is 0 Å². The number of carbonyl (C=O) groups is 2. The highest BCUT2D eigenvalue weighted by Crippen LogP contribution is 2.25. The van der Waals surface area contributed by atoms with Crippen LogP contribution in [0.5, 0.6) is 11.5 Å². The fourth-order valence-corrected chi connectivity index (χ4v) is 3.92. The number of methoxy groups -OCH3 is 1. The first kappa shape index (κ1) is 23.1. The zero-order chi connectivity index (χ0) is 22.9. The van der Waals surface area contributed by atoms with Gasteiger partial charge >= 0.3 is 5.97 Å². The summed E-state index contributed by atoms with van der Waals surface area (Å²) in [6.45, 7) is 4.08. The number of thioether (sulfide) groups is 1. The van der Waals surface area contributed by atoms with E-state index in [0.717, 1.165) is 34.2 Å². The van der Waals surface area contributed by atoms with Crippen LogP contribution in [0.2, 0.25) is 0 Å². The number of carboxylic acid groups (broad SMARTS) is 1. The maximum atomic E-state index is 11.8. The molecule has 1 aliphatic rings. The molecule has 166 valence electrons. The van der Waals surface area contributed by atoms with Gasteiger partial charge in [0.1, 0.15) is 23.4 Å². The molecule has 1 unspecified atom stereocenters. The van der Waals surface area contributed by atoms with Gasteiger partial charge in [0.2, 0.25) is 5.91 Å². The second kappa shape index (κ2) is 11.1. The lowest BCUT2D eigenvalue weighted by Gasteiger charge is -2.13. The molecule has 2 aromatic carbocycles. The fourth-order valence-electron chi connectivity index (χ4n) is 3.01. The van der Waals surface area contributed by atoms with Crippen molar-refractivity contribution >= 4 is 35.0 Å². The molecule has 1 saturated heterocycles. The number of amides is 1. The van der Waals surface area contributed by atoms with Crippen molar-refractivity contribution in [3.63, 3.8) is 0 Å². The van der Waals surface area contributed by atoms with E-state index in [0.29, 0.717) is 18.8 Å². The number of benzene rings is 2. The zero-order valence-electron chi connectivity index (χ0n) is 17.5. The SMILES string of the molecule is C=CCc1ccccc1OCc1cc(C=NN=C2NC(=O)C(CC(=O)O)S2)ccc1OC. The summed E-state index contributed by atoms with van der Waals surface area (Å²) in [6, 6.07) is 13.3. The van der Waals surface area contributed by atoms with Gasteiger partial charge in [-0.2, -0.15) is 5.10 Å². The molecule has 2 aromatic rings. The highest BCUT2D eigenvalue weighted by Gasteiger charge is 2.32. The van der Waals surface area contributed by atoms with E-state index in [-0.39, 0.29) is 17.5 Å². The fraction of sp³-hybridized carbons (Fsp3) is 0.217. The van der Waals surface area contributed by atoms with E-state index in [1.54, 1.807) is 13.3 Å². The molecule has 0 radical (unpaired) electrons. The van der Waals surface area contributed by atoms with Crippen molar-refractivity contribution in [2.24, 2.45) is 10.2 Å². The van der Waals surface area contributed by atoms with E-state index in [2.05, 4.69) is 22.1 Å². The number of ether oxygens (including phenoxy) is 2. The molecule has 8 nitrogen and oxygen atoms in total. The van der Waals surface area contributed by atoms with Crippen LogP contribution in [-0.2, 0) is 22.6 Å². The molecular weight excluding hydrogens is 430 g/mol. The Morgan fingerprint density at radius 1 is 1.25 bits per heavy atom. The van der Waals surface area contributed by atoms with Crippen LogP contribution < -0.4 is 14.8 Å². The smallest absolute Gasteiger partial charge is 0.305 e. The van der Waals surface area contributed by atoms with Crippen LogP contribution in [0, 0.1) is 0 Å². The molecule has 9 heteroatoms. The maximum Gasteiger partial charge on any atom is 0.305 e. The summed E-state index contributed by atoms with van der Waals surface area (Å²) in [7, 11) is 1.60. The second-order valence-electron chi connectivity index (χ2n) is 6.80. The Bertz CT molecular complexity index is 1070. The third-order valence-corrected chi connectivity index (χ3v) is 5.59. The third-order valence-electron chi connectivity index (χ3n) is 4.52. The van der Waals surface area contributed by atoms with Gasteiger partial charge in [0.25, 0.3) is 0 Å². The van der Waals surface area contributed by atoms with Crippen molar-refractivity contribution < 1.29 is 24.2 Å². The quantitative estimate of drug-likeness (QED) is 0.324. The first-order chi connectivity index (χ1) is 15.5. The molecule has 0 saturated carbocycles. The number of para-hydroxylation sites is 1. The predicted octanol–water partition coefficient (Wildman–Crippen LogP) is 3.40. The van der Waals surface area contributed by atoms with Gasteiger partial charge in [-0.25, -0.2) is 0 Å². The van der Waals surface area contributed by atoms with Crippen LogP contribution in [0.4, 0.5) is 0 Å². The summed E-state index contributed by atoms with van der Waals surface area (Å²) >= 11 is 1.05. The van der Waals surface area contributed by atoms with E-state index in [1.807, 2.05) is 48.5 Å². The maximum absolute atomic E-state index is 11.8. The number of aliphatic carboxylic acids is 1. The first-order valence-corrected chi connectivity index (χ1v) is 10.7. The molecule has 1 fully saturated rings. The van der Waals surface area contributed by atoms with Gasteiger partial charge in [0.15, 0.2) is 5.17 Å². The van der Waals surface area contributed by atoms with Crippen molar-refractivity contribution in [1.29, 1.82) is 0 Å². The number of amidine groups is 1. The predicted molar refractivity (Wildman–Crippen MR) is 124 cm³/mol. The molecule has 0 bridgehead atoms. The van der Waals surface area contributed by atoms with Crippen molar-refractivity contribution in [2.75, 3.05) is 7.11 Å². The Kier molecular flexibility index (Phi) is 8.04. The summed E-state index contributed by atoms with van der Waals surface area (Å²) in [5.41, 5.74) is 2.65. The minimum Gasteiger partial charge on any atom is -0.496 e. The van der Waals surface area contributed by atoms with Crippen molar-refractivity contribution in [3.05, 3.63) is 71.8 Å². The number of carbonyl (C=O) groups excluding carboxylic acids is 1. The van der Waals surface area contributed by atoms with Gasteiger partial charge in [0, 0.05) is 5.56 Å². The van der Waals surface area contributed by atoms with Gasteiger partial charge < -0.3 is 19.9 Å². The molecule has 1 amide bonds. The summed E-state index contributed by atoms with van der Waals surface area (Å²) < 4.78 is 11.5. The molecule has 3 rings (SSSR count). The van der Waals surface area contributed by atoms with Crippen LogP contribution in [-0.4, -0.2) is 40.7 Å². The number of rotatable bonds is 10. The minimum absolute atomic E-state index is 0.267. The Morgan fingerprint density at radius 3 is 2.81 bits per heavy atom. The Morgan fingerprint density at radius 2 is 2.06 bits per heavy atom. The highest BCUT2D eigenvalue weighted by molar-refractivity contribution is 8.15. The van der Waals surface area contributed by atoms with Gasteiger partial charge in [0.05, 0.1) is 19.7 Å². The highest BCUT2D eigenvalue weighted by atomic mass is 32.2. The van der Waals surface area contributed by atoms with E-state index in [1.165, 1.54) is 0 Å². The monoisotopic (exact) mass is 453 g/mol. The average molecular weight is 454 g/mol. The van der Waals surface area contributed by atoms with E-state index in [4.69, 9.17) is 14.6 Å². The molecule has 0 aromatic heterocycles. The minimum atomic E-state index is -1.04. The number of carboxylic acids is 1. The van der Waals surface area contributed by atoms with Gasteiger partial charge in [-0.1, -0.05) is 36.0 Å². The first-order valence-electron chi connectivity index (χ1n) is 9.79. The number of allylic oxidation sites excluding steroid dienone is 1. The Hall–Kier alpha value is -3.59. The van der Waals surface area contributed by atoms with Crippen LogP contribution in [0.1, 0.15) is 23.1 Å². The standard InChI is InChI=1S/C23H23N3O5S/c1-3-6-16-7-4-5-8-19(16)31-14-17-11-15(9-10-18(17)30-2)13-24-26-23-25-22(29)20(32-23)12-21(27)28/h3-5,7-11,13,20H,1,6,12,14H2,2H3,(H,27,28)(H,25,26,29).